The Morgan fingerprint density at radius 1 is 1.16 bits per heavy atom. The first kappa shape index (κ1) is 13.3. The molecule has 1 atom stereocenters. The van der Waals surface area contributed by atoms with Crippen molar-refractivity contribution in [3.63, 3.8) is 0 Å². The van der Waals surface area contributed by atoms with Crippen LogP contribution in [-0.2, 0) is 0 Å². The maximum atomic E-state index is 4.24. The Morgan fingerprint density at radius 3 is 2.63 bits per heavy atom. The highest BCUT2D eigenvalue weighted by atomic mass is 15.1. The van der Waals surface area contributed by atoms with Crippen molar-refractivity contribution in [2.45, 2.75) is 26.3 Å². The minimum absolute atomic E-state index is 0.178. The largest absolute Gasteiger partial charge is 0.370 e. The fourth-order valence-corrected chi connectivity index (χ4v) is 1.74. The van der Waals surface area contributed by atoms with Gasteiger partial charge >= 0.3 is 0 Å². The van der Waals surface area contributed by atoms with Crippen LogP contribution in [0.25, 0.3) is 0 Å². The van der Waals surface area contributed by atoms with Crippen molar-refractivity contribution in [3.8, 4) is 0 Å². The van der Waals surface area contributed by atoms with Crippen molar-refractivity contribution >= 4 is 11.6 Å². The van der Waals surface area contributed by atoms with Crippen LogP contribution in [0.2, 0.25) is 0 Å². The summed E-state index contributed by atoms with van der Waals surface area (Å²) in [4.78, 5) is 12.4. The monoisotopic (exact) mass is 257 g/mol. The van der Waals surface area contributed by atoms with Crippen molar-refractivity contribution in [1.29, 1.82) is 0 Å². The summed E-state index contributed by atoms with van der Waals surface area (Å²) in [5.74, 6) is 1.67. The van der Waals surface area contributed by atoms with Gasteiger partial charge in [-0.25, -0.2) is 9.97 Å². The standard InChI is InChI=1S/C14H19N5/c1-3-6-16-13-9-14(18-10-17-13)19-11(2)12-4-7-15-8-5-12/h4-5,7-11H,3,6H2,1-2H3,(H2,16,17,18,19). The molecule has 0 fully saturated rings. The molecule has 0 saturated carbocycles. The summed E-state index contributed by atoms with van der Waals surface area (Å²) in [5.41, 5.74) is 1.18. The van der Waals surface area contributed by atoms with Gasteiger partial charge in [-0.3, -0.25) is 4.98 Å². The lowest BCUT2D eigenvalue weighted by Crippen LogP contribution is -2.09. The molecule has 5 nitrogen and oxygen atoms in total. The summed E-state index contributed by atoms with van der Waals surface area (Å²) >= 11 is 0. The minimum Gasteiger partial charge on any atom is -0.370 e. The van der Waals surface area contributed by atoms with Gasteiger partial charge in [0.15, 0.2) is 0 Å². The topological polar surface area (TPSA) is 62.7 Å². The Labute approximate surface area is 113 Å². The van der Waals surface area contributed by atoms with Gasteiger partial charge < -0.3 is 10.6 Å². The molecule has 0 aromatic carbocycles. The van der Waals surface area contributed by atoms with Gasteiger partial charge in [0.25, 0.3) is 0 Å². The SMILES string of the molecule is CCCNc1cc(NC(C)c2ccncc2)ncn1. The fraction of sp³-hybridized carbons (Fsp3) is 0.357. The van der Waals surface area contributed by atoms with Gasteiger partial charge in [0.2, 0.25) is 0 Å². The molecule has 0 aliphatic rings. The molecule has 0 amide bonds. The van der Waals surface area contributed by atoms with Crippen LogP contribution < -0.4 is 10.6 Å². The number of nitrogens with one attached hydrogen (secondary N) is 2. The maximum Gasteiger partial charge on any atom is 0.131 e. The molecule has 0 spiro atoms. The van der Waals surface area contributed by atoms with Gasteiger partial charge in [0.1, 0.15) is 18.0 Å². The molecular weight excluding hydrogens is 238 g/mol. The molecule has 0 radical (unpaired) electrons. The number of hydrogen-bond acceptors (Lipinski definition) is 5. The first-order valence-corrected chi connectivity index (χ1v) is 6.52. The smallest absolute Gasteiger partial charge is 0.131 e. The second-order valence-electron chi connectivity index (χ2n) is 4.36. The quantitative estimate of drug-likeness (QED) is 0.833. The number of rotatable bonds is 6. The molecule has 100 valence electrons. The molecule has 0 aliphatic carbocycles. The number of anilines is 2. The van der Waals surface area contributed by atoms with Gasteiger partial charge in [-0.1, -0.05) is 6.92 Å². The second kappa shape index (κ2) is 6.68. The van der Waals surface area contributed by atoms with Crippen LogP contribution in [0.3, 0.4) is 0 Å². The van der Waals surface area contributed by atoms with E-state index < -0.39 is 0 Å². The summed E-state index contributed by atoms with van der Waals surface area (Å²) in [6, 6.07) is 6.09. The predicted molar refractivity (Wildman–Crippen MR) is 77.1 cm³/mol. The van der Waals surface area contributed by atoms with Crippen LogP contribution in [0.1, 0.15) is 31.9 Å². The van der Waals surface area contributed by atoms with Crippen LogP contribution in [0.4, 0.5) is 11.6 Å². The molecule has 1 unspecified atom stereocenters. The van der Waals surface area contributed by atoms with E-state index in [9.17, 15) is 0 Å². The van der Waals surface area contributed by atoms with Crippen LogP contribution in [0, 0.1) is 0 Å². The van der Waals surface area contributed by atoms with Crippen molar-refractivity contribution in [2.24, 2.45) is 0 Å². The van der Waals surface area contributed by atoms with E-state index in [4.69, 9.17) is 0 Å². The highest BCUT2D eigenvalue weighted by Gasteiger charge is 2.06. The molecule has 2 rings (SSSR count). The van der Waals surface area contributed by atoms with Gasteiger partial charge in [-0.2, -0.15) is 0 Å². The van der Waals surface area contributed by atoms with Crippen molar-refractivity contribution in [2.75, 3.05) is 17.2 Å². The van der Waals surface area contributed by atoms with Crippen molar-refractivity contribution in [3.05, 3.63) is 42.5 Å². The van der Waals surface area contributed by atoms with Crippen molar-refractivity contribution in [1.82, 2.24) is 15.0 Å². The molecule has 2 heterocycles. The minimum atomic E-state index is 0.178. The Morgan fingerprint density at radius 2 is 1.89 bits per heavy atom. The summed E-state index contributed by atoms with van der Waals surface area (Å²) in [5, 5.41) is 6.60. The molecule has 2 N–H and O–H groups in total. The number of hydrogen-bond donors (Lipinski definition) is 2. The van der Waals surface area contributed by atoms with E-state index in [0.29, 0.717) is 0 Å². The van der Waals surface area contributed by atoms with Crippen LogP contribution >= 0.6 is 0 Å². The highest BCUT2D eigenvalue weighted by molar-refractivity contribution is 5.47. The Hall–Kier alpha value is -2.17. The number of pyridine rings is 1. The second-order valence-corrected chi connectivity index (χ2v) is 4.36. The molecule has 19 heavy (non-hydrogen) atoms. The van der Waals surface area contributed by atoms with Crippen LogP contribution in [0.15, 0.2) is 36.9 Å². The molecule has 0 aliphatic heterocycles. The van der Waals surface area contributed by atoms with E-state index in [1.165, 1.54) is 5.56 Å². The average molecular weight is 257 g/mol. The van der Waals surface area contributed by atoms with Gasteiger partial charge in [0, 0.05) is 25.0 Å². The maximum absolute atomic E-state index is 4.24. The Kier molecular flexibility index (Phi) is 4.66. The summed E-state index contributed by atoms with van der Waals surface area (Å²) in [6.07, 6.45) is 6.23. The summed E-state index contributed by atoms with van der Waals surface area (Å²) < 4.78 is 0. The van der Waals surface area contributed by atoms with Crippen LogP contribution in [-0.4, -0.2) is 21.5 Å². The lowest BCUT2D eigenvalue weighted by Gasteiger charge is -2.15. The zero-order valence-electron chi connectivity index (χ0n) is 11.3. The van der Waals surface area contributed by atoms with Gasteiger partial charge in [-0.15, -0.1) is 0 Å². The van der Waals surface area contributed by atoms with Crippen LogP contribution in [0.5, 0.6) is 0 Å². The molecular formula is C14H19N5. The lowest BCUT2D eigenvalue weighted by molar-refractivity contribution is 0.867. The zero-order chi connectivity index (χ0) is 13.5. The molecule has 0 bridgehead atoms. The molecule has 2 aromatic rings. The first-order chi connectivity index (χ1) is 9.29. The molecule has 5 heteroatoms. The number of nitrogens with zero attached hydrogens (tertiary/aromatic N) is 3. The average Bonchev–Trinajstić information content (AvgIpc) is 2.46. The molecule has 2 aromatic heterocycles. The normalized spacial score (nSPS) is 11.9. The third-order valence-corrected chi connectivity index (χ3v) is 2.79. The summed E-state index contributed by atoms with van der Waals surface area (Å²) in [6.45, 7) is 5.13. The van der Waals surface area contributed by atoms with E-state index in [0.717, 1.165) is 24.6 Å². The number of aromatic nitrogens is 3. The predicted octanol–water partition coefficient (Wildman–Crippen LogP) is 2.87. The third kappa shape index (κ3) is 3.91. The fourth-order valence-electron chi connectivity index (χ4n) is 1.74. The van der Waals surface area contributed by atoms with E-state index in [-0.39, 0.29) is 6.04 Å². The highest BCUT2D eigenvalue weighted by Crippen LogP contribution is 2.18. The molecule has 0 saturated heterocycles. The van der Waals surface area contributed by atoms with Crippen molar-refractivity contribution < 1.29 is 0 Å². The zero-order valence-corrected chi connectivity index (χ0v) is 11.3. The third-order valence-electron chi connectivity index (χ3n) is 2.79. The van der Waals surface area contributed by atoms with Gasteiger partial charge in [0.05, 0.1) is 6.04 Å². The summed E-state index contributed by atoms with van der Waals surface area (Å²) in [7, 11) is 0. The Bertz CT molecular complexity index is 500. The first-order valence-electron chi connectivity index (χ1n) is 6.52. The van der Waals surface area contributed by atoms with E-state index in [1.54, 1.807) is 18.7 Å². The van der Waals surface area contributed by atoms with E-state index in [2.05, 4.69) is 39.4 Å². The van der Waals surface area contributed by atoms with E-state index in [1.807, 2.05) is 18.2 Å². The Balaban J connectivity index is 2.02. The van der Waals surface area contributed by atoms with Gasteiger partial charge in [-0.05, 0) is 31.0 Å². The van der Waals surface area contributed by atoms with E-state index >= 15 is 0 Å². The lowest BCUT2D eigenvalue weighted by atomic mass is 10.1.